The second-order valence-corrected chi connectivity index (χ2v) is 7.72. The number of thiophene rings is 1. The first-order chi connectivity index (χ1) is 10.5. The molecule has 2 heterocycles. The smallest absolute Gasteiger partial charge is 0.289 e. The van der Waals surface area contributed by atoms with Crippen LogP contribution >= 0.6 is 34.3 Å². The summed E-state index contributed by atoms with van der Waals surface area (Å²) in [6.45, 7) is 7.02. The fraction of sp³-hybridized carbons (Fsp3) is 0.250. The first-order valence-electron chi connectivity index (χ1n) is 6.95. The Bertz CT molecular complexity index is 933. The molecule has 0 saturated heterocycles. The van der Waals surface area contributed by atoms with Crippen molar-refractivity contribution in [3.8, 4) is 0 Å². The lowest BCUT2D eigenvalue weighted by Crippen LogP contribution is -2.16. The van der Waals surface area contributed by atoms with Crippen LogP contribution in [-0.4, -0.2) is 10.5 Å². The molecule has 0 aliphatic rings. The van der Waals surface area contributed by atoms with Crippen molar-refractivity contribution in [3.63, 3.8) is 0 Å². The molecule has 0 saturated carbocycles. The van der Waals surface area contributed by atoms with Crippen LogP contribution < -0.4 is 4.80 Å². The predicted molar refractivity (Wildman–Crippen MR) is 94.2 cm³/mol. The lowest BCUT2D eigenvalue weighted by atomic mass is 10.1. The predicted octanol–water partition coefficient (Wildman–Crippen LogP) is 4.80. The second-order valence-electron chi connectivity index (χ2n) is 5.03. The van der Waals surface area contributed by atoms with Gasteiger partial charge in [0.15, 0.2) is 4.80 Å². The number of nitrogens with zero attached hydrogens (tertiary/aromatic N) is 2. The highest BCUT2D eigenvalue weighted by molar-refractivity contribution is 7.18. The quantitative estimate of drug-likeness (QED) is 0.654. The van der Waals surface area contributed by atoms with E-state index in [0.717, 1.165) is 11.3 Å². The molecule has 22 heavy (non-hydrogen) atoms. The van der Waals surface area contributed by atoms with Crippen LogP contribution in [0.2, 0.25) is 4.34 Å². The summed E-state index contributed by atoms with van der Waals surface area (Å²) in [5.41, 5.74) is 3.58. The molecule has 0 N–H and O–H groups in total. The number of aryl methyl sites for hydroxylation is 3. The van der Waals surface area contributed by atoms with Gasteiger partial charge in [0.25, 0.3) is 5.91 Å². The molecule has 6 heteroatoms. The van der Waals surface area contributed by atoms with Crippen molar-refractivity contribution in [2.24, 2.45) is 4.99 Å². The minimum absolute atomic E-state index is 0.235. The summed E-state index contributed by atoms with van der Waals surface area (Å²) in [6.07, 6.45) is 0. The fourth-order valence-electron chi connectivity index (χ4n) is 2.42. The van der Waals surface area contributed by atoms with Crippen LogP contribution in [0.3, 0.4) is 0 Å². The normalized spacial score (nSPS) is 12.3. The van der Waals surface area contributed by atoms with Crippen LogP contribution in [-0.2, 0) is 6.54 Å². The van der Waals surface area contributed by atoms with Crippen molar-refractivity contribution in [3.05, 3.63) is 49.4 Å². The van der Waals surface area contributed by atoms with Crippen LogP contribution in [0, 0.1) is 13.8 Å². The minimum atomic E-state index is -0.235. The summed E-state index contributed by atoms with van der Waals surface area (Å²) in [6, 6.07) is 7.67. The lowest BCUT2D eigenvalue weighted by molar-refractivity contribution is 0.100. The van der Waals surface area contributed by atoms with E-state index in [1.54, 1.807) is 23.5 Å². The third-order valence-electron chi connectivity index (χ3n) is 3.52. The molecule has 2 aromatic heterocycles. The number of carbonyl (C=O) groups is 1. The van der Waals surface area contributed by atoms with Gasteiger partial charge in [0.2, 0.25) is 0 Å². The van der Waals surface area contributed by atoms with Gasteiger partial charge in [0, 0.05) is 6.54 Å². The summed E-state index contributed by atoms with van der Waals surface area (Å²) in [5, 5.41) is 0. The van der Waals surface area contributed by atoms with Crippen molar-refractivity contribution >= 4 is 50.4 Å². The van der Waals surface area contributed by atoms with Gasteiger partial charge in [-0.1, -0.05) is 35.1 Å². The molecular formula is C16H15ClN2OS2. The van der Waals surface area contributed by atoms with Crippen LogP contribution in [0.5, 0.6) is 0 Å². The molecule has 0 atom stereocenters. The van der Waals surface area contributed by atoms with Gasteiger partial charge < -0.3 is 4.57 Å². The van der Waals surface area contributed by atoms with E-state index >= 15 is 0 Å². The average molecular weight is 351 g/mol. The summed E-state index contributed by atoms with van der Waals surface area (Å²) in [7, 11) is 0. The Balaban J connectivity index is 2.22. The molecule has 3 aromatic rings. The fourth-order valence-corrected chi connectivity index (χ4v) is 4.59. The topological polar surface area (TPSA) is 34.4 Å². The van der Waals surface area contributed by atoms with Gasteiger partial charge in [0.05, 0.1) is 19.4 Å². The van der Waals surface area contributed by atoms with Crippen molar-refractivity contribution < 1.29 is 4.79 Å². The standard InChI is InChI=1S/C16H15ClN2OS2/c1-4-19-13-9(2)5-6-10(3)14(13)22-16(19)18-15(20)11-7-8-12(17)21-11/h5-8H,4H2,1-3H3. The van der Waals surface area contributed by atoms with E-state index in [-0.39, 0.29) is 5.91 Å². The van der Waals surface area contributed by atoms with E-state index in [1.165, 1.54) is 32.7 Å². The van der Waals surface area contributed by atoms with E-state index in [1.807, 2.05) is 0 Å². The molecule has 0 radical (unpaired) electrons. The molecule has 0 bridgehead atoms. The first kappa shape index (κ1) is 15.5. The number of amides is 1. The van der Waals surface area contributed by atoms with Crippen LogP contribution in [0.15, 0.2) is 29.3 Å². The molecule has 1 aromatic carbocycles. The minimum Gasteiger partial charge on any atom is -0.316 e. The number of thiazole rings is 1. The second kappa shape index (κ2) is 5.99. The van der Waals surface area contributed by atoms with Gasteiger partial charge in [0.1, 0.15) is 0 Å². The van der Waals surface area contributed by atoms with Gasteiger partial charge in [-0.25, -0.2) is 0 Å². The maximum absolute atomic E-state index is 12.3. The Kier molecular flexibility index (Phi) is 4.21. The summed E-state index contributed by atoms with van der Waals surface area (Å²) in [4.78, 5) is 18.0. The Morgan fingerprint density at radius 3 is 2.55 bits per heavy atom. The first-order valence-corrected chi connectivity index (χ1v) is 8.96. The van der Waals surface area contributed by atoms with E-state index in [9.17, 15) is 4.79 Å². The lowest BCUT2D eigenvalue weighted by Gasteiger charge is -2.04. The Morgan fingerprint density at radius 2 is 1.91 bits per heavy atom. The molecule has 114 valence electrons. The number of halogens is 1. The monoisotopic (exact) mass is 350 g/mol. The molecular weight excluding hydrogens is 336 g/mol. The molecule has 0 aliphatic heterocycles. The van der Waals surface area contributed by atoms with Gasteiger partial charge in [-0.3, -0.25) is 4.79 Å². The highest BCUT2D eigenvalue weighted by atomic mass is 35.5. The maximum atomic E-state index is 12.3. The number of aromatic nitrogens is 1. The summed E-state index contributed by atoms with van der Waals surface area (Å²) < 4.78 is 3.90. The highest BCUT2D eigenvalue weighted by Crippen LogP contribution is 2.25. The van der Waals surface area contributed by atoms with Crippen LogP contribution in [0.25, 0.3) is 10.2 Å². The molecule has 0 unspecified atom stereocenters. The molecule has 3 nitrogen and oxygen atoms in total. The van der Waals surface area contributed by atoms with Gasteiger partial charge in [-0.05, 0) is 44.0 Å². The Labute approximate surface area is 141 Å². The average Bonchev–Trinajstić information content (AvgIpc) is 3.07. The number of benzene rings is 1. The number of carbonyl (C=O) groups excluding carboxylic acids is 1. The van der Waals surface area contributed by atoms with Crippen LogP contribution in [0.1, 0.15) is 27.7 Å². The van der Waals surface area contributed by atoms with Crippen molar-refractivity contribution in [1.82, 2.24) is 4.57 Å². The van der Waals surface area contributed by atoms with Gasteiger partial charge in [-0.2, -0.15) is 4.99 Å². The van der Waals surface area contributed by atoms with Crippen LogP contribution in [0.4, 0.5) is 0 Å². The zero-order valence-corrected chi connectivity index (χ0v) is 14.9. The summed E-state index contributed by atoms with van der Waals surface area (Å²) >= 11 is 8.72. The summed E-state index contributed by atoms with van der Waals surface area (Å²) in [5.74, 6) is -0.235. The molecule has 0 spiro atoms. The number of rotatable bonds is 2. The molecule has 0 fully saturated rings. The Morgan fingerprint density at radius 1 is 1.18 bits per heavy atom. The number of hydrogen-bond donors (Lipinski definition) is 0. The maximum Gasteiger partial charge on any atom is 0.289 e. The van der Waals surface area contributed by atoms with Gasteiger partial charge in [-0.15, -0.1) is 11.3 Å². The zero-order chi connectivity index (χ0) is 15.9. The Hall–Kier alpha value is -1.43. The largest absolute Gasteiger partial charge is 0.316 e. The number of fused-ring (bicyclic) bond motifs is 1. The third-order valence-corrected chi connectivity index (χ3v) is 5.95. The van der Waals surface area contributed by atoms with Crippen molar-refractivity contribution in [2.45, 2.75) is 27.3 Å². The third kappa shape index (κ3) is 2.64. The number of hydrogen-bond acceptors (Lipinski definition) is 3. The molecule has 0 aliphatic carbocycles. The SMILES string of the molecule is CCn1c(=NC(=O)c2ccc(Cl)s2)sc2c(C)ccc(C)c21. The highest BCUT2D eigenvalue weighted by Gasteiger charge is 2.12. The van der Waals surface area contributed by atoms with E-state index < -0.39 is 0 Å². The van der Waals surface area contributed by atoms with E-state index in [0.29, 0.717) is 9.21 Å². The van der Waals surface area contributed by atoms with E-state index in [2.05, 4.69) is 42.5 Å². The van der Waals surface area contributed by atoms with Gasteiger partial charge >= 0.3 is 0 Å². The van der Waals surface area contributed by atoms with Crippen molar-refractivity contribution in [1.29, 1.82) is 0 Å². The molecule has 3 rings (SSSR count). The van der Waals surface area contributed by atoms with Crippen molar-refractivity contribution in [2.75, 3.05) is 0 Å². The zero-order valence-electron chi connectivity index (χ0n) is 12.5. The van der Waals surface area contributed by atoms with E-state index in [4.69, 9.17) is 11.6 Å². The molecule has 1 amide bonds.